The normalized spacial score (nSPS) is 13.5. The second-order valence-electron chi connectivity index (χ2n) is 5.99. The second kappa shape index (κ2) is 6.17. The number of benzene rings is 2. The lowest BCUT2D eigenvalue weighted by Crippen LogP contribution is -2.30. The van der Waals surface area contributed by atoms with Gasteiger partial charge in [0.2, 0.25) is 5.89 Å². The summed E-state index contributed by atoms with van der Waals surface area (Å²) in [6.45, 7) is 2.28. The Morgan fingerprint density at radius 1 is 1.04 bits per heavy atom. The van der Waals surface area contributed by atoms with E-state index in [2.05, 4.69) is 20.9 Å². The SMILES string of the molecule is CCCN1C(=O)c2ccc(-c3nc4ccc(Br)cc4c(=O)o3)cc2C1=O. The topological polar surface area (TPSA) is 80.5 Å². The largest absolute Gasteiger partial charge is 0.403 e. The number of aromatic nitrogens is 1. The van der Waals surface area contributed by atoms with Crippen molar-refractivity contribution < 1.29 is 14.0 Å². The zero-order valence-corrected chi connectivity index (χ0v) is 15.4. The summed E-state index contributed by atoms with van der Waals surface area (Å²) >= 11 is 3.31. The lowest BCUT2D eigenvalue weighted by Gasteiger charge is -2.11. The first-order chi connectivity index (χ1) is 12.5. The predicted octanol–water partition coefficient (Wildman–Crippen LogP) is 3.62. The fraction of sp³-hybridized carbons (Fsp3) is 0.158. The monoisotopic (exact) mass is 412 g/mol. The van der Waals surface area contributed by atoms with Crippen LogP contribution in [0.5, 0.6) is 0 Å². The van der Waals surface area contributed by atoms with Gasteiger partial charge in [-0.3, -0.25) is 14.5 Å². The van der Waals surface area contributed by atoms with Crippen molar-refractivity contribution in [3.8, 4) is 11.5 Å². The van der Waals surface area contributed by atoms with Crippen molar-refractivity contribution in [2.75, 3.05) is 6.54 Å². The molecular weight excluding hydrogens is 400 g/mol. The third-order valence-electron chi connectivity index (χ3n) is 4.25. The minimum absolute atomic E-state index is 0.113. The van der Waals surface area contributed by atoms with Gasteiger partial charge in [0.15, 0.2) is 0 Å². The molecule has 7 heteroatoms. The first kappa shape index (κ1) is 16.7. The molecule has 0 radical (unpaired) electrons. The number of hydrogen-bond donors (Lipinski definition) is 0. The van der Waals surface area contributed by atoms with Crippen molar-refractivity contribution in [2.24, 2.45) is 0 Å². The number of rotatable bonds is 3. The summed E-state index contributed by atoms with van der Waals surface area (Å²) in [5.41, 5.74) is 1.13. The van der Waals surface area contributed by atoms with E-state index in [4.69, 9.17) is 4.42 Å². The molecule has 0 aliphatic carbocycles. The molecule has 0 bridgehead atoms. The van der Waals surface area contributed by atoms with Crippen LogP contribution in [-0.4, -0.2) is 28.2 Å². The molecule has 6 nitrogen and oxygen atoms in total. The van der Waals surface area contributed by atoms with Crippen LogP contribution in [0, 0.1) is 0 Å². The van der Waals surface area contributed by atoms with Crippen LogP contribution in [0.2, 0.25) is 0 Å². The highest BCUT2D eigenvalue weighted by atomic mass is 79.9. The van der Waals surface area contributed by atoms with Gasteiger partial charge in [0, 0.05) is 16.6 Å². The van der Waals surface area contributed by atoms with Crippen LogP contribution in [0.25, 0.3) is 22.4 Å². The first-order valence-corrected chi connectivity index (χ1v) is 8.90. The van der Waals surface area contributed by atoms with Crippen LogP contribution >= 0.6 is 15.9 Å². The molecule has 0 saturated carbocycles. The number of halogens is 1. The van der Waals surface area contributed by atoms with Crippen molar-refractivity contribution in [3.63, 3.8) is 0 Å². The maximum atomic E-state index is 12.5. The standard InChI is InChI=1S/C19H13BrN2O4/c1-2-7-22-17(23)12-5-3-10(8-13(12)18(22)24)16-21-15-6-4-11(20)9-14(15)19(25)26-16/h3-6,8-9H,2,7H2,1H3. The summed E-state index contributed by atoms with van der Waals surface area (Å²) in [7, 11) is 0. The van der Waals surface area contributed by atoms with Crippen LogP contribution < -0.4 is 5.63 Å². The van der Waals surface area contributed by atoms with Gasteiger partial charge >= 0.3 is 5.63 Å². The number of nitrogens with zero attached hydrogens (tertiary/aromatic N) is 2. The number of carbonyl (C=O) groups is 2. The Morgan fingerprint density at radius 2 is 1.81 bits per heavy atom. The van der Waals surface area contributed by atoms with E-state index < -0.39 is 5.63 Å². The van der Waals surface area contributed by atoms with Gasteiger partial charge in [0.05, 0.1) is 22.0 Å². The van der Waals surface area contributed by atoms with Crippen molar-refractivity contribution in [3.05, 3.63) is 62.4 Å². The fourth-order valence-electron chi connectivity index (χ4n) is 3.02. The minimum Gasteiger partial charge on any atom is -0.403 e. The van der Waals surface area contributed by atoms with E-state index in [9.17, 15) is 14.4 Å². The van der Waals surface area contributed by atoms with E-state index in [1.165, 1.54) is 4.90 Å². The molecule has 0 fully saturated rings. The molecule has 0 atom stereocenters. The zero-order valence-electron chi connectivity index (χ0n) is 13.8. The Bertz CT molecular complexity index is 1140. The highest BCUT2D eigenvalue weighted by molar-refractivity contribution is 9.10. The molecular formula is C19H13BrN2O4. The summed E-state index contributed by atoms with van der Waals surface area (Å²) in [6.07, 6.45) is 0.689. The summed E-state index contributed by atoms with van der Waals surface area (Å²) in [5, 5.41) is 0.365. The first-order valence-electron chi connectivity index (χ1n) is 8.10. The summed E-state index contributed by atoms with van der Waals surface area (Å²) < 4.78 is 6.08. The molecule has 2 amide bonds. The number of hydrogen-bond acceptors (Lipinski definition) is 5. The van der Waals surface area contributed by atoms with Crippen molar-refractivity contribution >= 4 is 38.6 Å². The second-order valence-corrected chi connectivity index (χ2v) is 6.91. The van der Waals surface area contributed by atoms with Gasteiger partial charge < -0.3 is 4.42 Å². The number of imide groups is 1. The van der Waals surface area contributed by atoms with Gasteiger partial charge in [0.25, 0.3) is 11.8 Å². The van der Waals surface area contributed by atoms with Crippen LogP contribution in [0.3, 0.4) is 0 Å². The van der Waals surface area contributed by atoms with E-state index in [0.717, 1.165) is 4.47 Å². The molecule has 4 rings (SSSR count). The molecule has 0 N–H and O–H groups in total. The smallest absolute Gasteiger partial charge is 0.347 e. The van der Waals surface area contributed by atoms with Crippen molar-refractivity contribution in [2.45, 2.75) is 13.3 Å². The molecule has 3 aromatic rings. The molecule has 2 aromatic carbocycles. The van der Waals surface area contributed by atoms with E-state index >= 15 is 0 Å². The van der Waals surface area contributed by atoms with Gasteiger partial charge in [0.1, 0.15) is 0 Å². The molecule has 1 aliphatic rings. The zero-order chi connectivity index (χ0) is 18.4. The van der Waals surface area contributed by atoms with E-state index in [0.29, 0.717) is 40.6 Å². The molecule has 0 unspecified atom stereocenters. The van der Waals surface area contributed by atoms with Crippen LogP contribution in [0.1, 0.15) is 34.1 Å². The quantitative estimate of drug-likeness (QED) is 0.613. The minimum atomic E-state index is -0.512. The third-order valence-corrected chi connectivity index (χ3v) is 4.75. The highest BCUT2D eigenvalue weighted by Crippen LogP contribution is 2.28. The Kier molecular flexibility index (Phi) is 3.96. The highest BCUT2D eigenvalue weighted by Gasteiger charge is 2.35. The maximum absolute atomic E-state index is 12.5. The van der Waals surface area contributed by atoms with Crippen LogP contribution in [-0.2, 0) is 0 Å². The molecule has 130 valence electrons. The third kappa shape index (κ3) is 2.55. The van der Waals surface area contributed by atoms with Crippen molar-refractivity contribution in [1.82, 2.24) is 9.88 Å². The van der Waals surface area contributed by atoms with E-state index in [1.54, 1.807) is 36.4 Å². The molecule has 0 saturated heterocycles. The molecule has 1 aliphatic heterocycles. The Labute approximate surface area is 156 Å². The van der Waals surface area contributed by atoms with Crippen LogP contribution in [0.4, 0.5) is 0 Å². The predicted molar refractivity (Wildman–Crippen MR) is 99.1 cm³/mol. The van der Waals surface area contributed by atoms with Crippen molar-refractivity contribution in [1.29, 1.82) is 0 Å². The molecule has 1 aromatic heterocycles. The number of amides is 2. The maximum Gasteiger partial charge on any atom is 0.347 e. The summed E-state index contributed by atoms with van der Waals surface area (Å²) in [4.78, 5) is 42.7. The molecule has 2 heterocycles. The fourth-order valence-corrected chi connectivity index (χ4v) is 3.38. The summed E-state index contributed by atoms with van der Waals surface area (Å²) in [5.74, 6) is -0.515. The van der Waals surface area contributed by atoms with Gasteiger partial charge in [-0.2, -0.15) is 0 Å². The average molecular weight is 413 g/mol. The van der Waals surface area contributed by atoms with E-state index in [-0.39, 0.29) is 17.7 Å². The van der Waals surface area contributed by atoms with Gasteiger partial charge in [-0.1, -0.05) is 22.9 Å². The summed E-state index contributed by atoms with van der Waals surface area (Å²) in [6, 6.07) is 9.91. The molecule has 26 heavy (non-hydrogen) atoms. The van der Waals surface area contributed by atoms with Gasteiger partial charge in [-0.25, -0.2) is 9.78 Å². The molecule has 0 spiro atoms. The van der Waals surface area contributed by atoms with E-state index in [1.807, 2.05) is 6.92 Å². The number of carbonyl (C=O) groups excluding carboxylic acids is 2. The van der Waals surface area contributed by atoms with Gasteiger partial charge in [-0.05, 0) is 42.8 Å². The number of fused-ring (bicyclic) bond motifs is 2. The average Bonchev–Trinajstić information content (AvgIpc) is 2.87. The van der Waals surface area contributed by atoms with Gasteiger partial charge in [-0.15, -0.1) is 0 Å². The lowest BCUT2D eigenvalue weighted by atomic mass is 10.1. The Hall–Kier alpha value is -2.80. The Balaban J connectivity index is 1.83. The van der Waals surface area contributed by atoms with Crippen LogP contribution in [0.15, 0.2) is 50.1 Å². The lowest BCUT2D eigenvalue weighted by molar-refractivity contribution is 0.0654. The Morgan fingerprint density at radius 3 is 2.58 bits per heavy atom.